The Labute approximate surface area is 117 Å². The molecule has 6 nitrogen and oxygen atoms in total. The van der Waals surface area contributed by atoms with Gasteiger partial charge in [-0.1, -0.05) is 0 Å². The van der Waals surface area contributed by atoms with Crippen molar-refractivity contribution in [1.82, 2.24) is 15.2 Å². The highest BCUT2D eigenvalue weighted by Crippen LogP contribution is 2.19. The quantitative estimate of drug-likeness (QED) is 0.851. The molecule has 2 N–H and O–H groups in total. The Morgan fingerprint density at radius 1 is 1.55 bits per heavy atom. The zero-order valence-electron chi connectivity index (χ0n) is 11.7. The Morgan fingerprint density at radius 2 is 2.30 bits per heavy atom. The molecule has 0 saturated carbocycles. The first-order chi connectivity index (χ1) is 9.47. The van der Waals surface area contributed by atoms with Gasteiger partial charge in [-0.15, -0.1) is 0 Å². The van der Waals surface area contributed by atoms with Crippen LogP contribution >= 0.6 is 0 Å². The molecule has 1 aromatic rings. The lowest BCUT2D eigenvalue weighted by molar-refractivity contribution is -0.129. The number of likely N-dealkylation sites (tertiary alicyclic amines) is 1. The largest absolute Gasteiger partial charge is 0.506 e. The fourth-order valence-electron chi connectivity index (χ4n) is 2.29. The van der Waals surface area contributed by atoms with Crippen LogP contribution in [0.15, 0.2) is 18.3 Å². The topological polar surface area (TPSA) is 82.5 Å². The molecule has 1 aliphatic rings. The maximum absolute atomic E-state index is 11.9. The predicted octanol–water partition coefficient (Wildman–Crippen LogP) is 0.774. The first-order valence-corrected chi connectivity index (χ1v) is 6.70. The van der Waals surface area contributed by atoms with Crippen molar-refractivity contribution in [2.45, 2.75) is 26.3 Å². The number of amides is 2. The minimum Gasteiger partial charge on any atom is -0.506 e. The maximum atomic E-state index is 11.9. The number of carbonyl (C=O) groups excluding carboxylic acids is 2. The van der Waals surface area contributed by atoms with E-state index in [0.29, 0.717) is 19.5 Å². The number of hydrogen-bond acceptors (Lipinski definition) is 4. The summed E-state index contributed by atoms with van der Waals surface area (Å²) in [6.45, 7) is 5.11. The van der Waals surface area contributed by atoms with Gasteiger partial charge in [0, 0.05) is 31.5 Å². The summed E-state index contributed by atoms with van der Waals surface area (Å²) in [5, 5.41) is 11.9. The highest BCUT2D eigenvalue weighted by atomic mass is 16.3. The zero-order valence-corrected chi connectivity index (χ0v) is 11.7. The highest BCUT2D eigenvalue weighted by Gasteiger charge is 2.31. The average Bonchev–Trinajstić information content (AvgIpc) is 2.78. The van der Waals surface area contributed by atoms with Gasteiger partial charge in [0.2, 0.25) is 5.91 Å². The number of nitrogens with zero attached hydrogens (tertiary/aromatic N) is 2. The summed E-state index contributed by atoms with van der Waals surface area (Å²) >= 11 is 0. The Hall–Kier alpha value is -2.11. The zero-order chi connectivity index (χ0) is 14.7. The molecular formula is C14H19N3O3. The van der Waals surface area contributed by atoms with Gasteiger partial charge >= 0.3 is 0 Å². The standard InChI is InChI=1S/C14H19N3O3/c1-9(2)17-8-10(5-13(17)19)6-16-14(20)12-4-3-11(18)7-15-12/h3-4,7,9-10,18H,5-6,8H2,1-2H3,(H,16,20)/t10-/m0/s1. The molecule has 1 aromatic heterocycles. The number of carbonyl (C=O) groups is 2. The van der Waals surface area contributed by atoms with Crippen molar-refractivity contribution >= 4 is 11.8 Å². The van der Waals surface area contributed by atoms with E-state index in [1.165, 1.54) is 18.3 Å². The molecule has 1 atom stereocenters. The normalized spacial score (nSPS) is 18.6. The van der Waals surface area contributed by atoms with Gasteiger partial charge in [0.15, 0.2) is 0 Å². The van der Waals surface area contributed by atoms with Gasteiger partial charge in [-0.2, -0.15) is 0 Å². The van der Waals surface area contributed by atoms with Crippen LogP contribution in [0.2, 0.25) is 0 Å². The van der Waals surface area contributed by atoms with E-state index in [9.17, 15) is 9.59 Å². The number of aromatic nitrogens is 1. The molecule has 6 heteroatoms. The molecule has 1 fully saturated rings. The molecule has 0 unspecified atom stereocenters. The summed E-state index contributed by atoms with van der Waals surface area (Å²) in [7, 11) is 0. The second-order valence-corrected chi connectivity index (χ2v) is 5.32. The minimum absolute atomic E-state index is 0.0236. The summed E-state index contributed by atoms with van der Waals surface area (Å²) in [4.78, 5) is 29.3. The molecular weight excluding hydrogens is 258 g/mol. The second kappa shape index (κ2) is 5.90. The first kappa shape index (κ1) is 14.3. The molecule has 2 rings (SSSR count). The van der Waals surface area contributed by atoms with Crippen molar-refractivity contribution in [2.24, 2.45) is 5.92 Å². The number of aromatic hydroxyl groups is 1. The Balaban J connectivity index is 1.85. The molecule has 2 amide bonds. The van der Waals surface area contributed by atoms with Gasteiger partial charge in [0.05, 0.1) is 6.20 Å². The van der Waals surface area contributed by atoms with E-state index in [-0.39, 0.29) is 35.2 Å². The Kier molecular flexibility index (Phi) is 4.22. The van der Waals surface area contributed by atoms with Crippen LogP contribution in [0, 0.1) is 5.92 Å². The van der Waals surface area contributed by atoms with Crippen LogP contribution in [0.4, 0.5) is 0 Å². The SMILES string of the molecule is CC(C)N1C[C@H](CNC(=O)c2ccc(O)cn2)CC1=O. The van der Waals surface area contributed by atoms with Gasteiger partial charge in [-0.25, -0.2) is 4.98 Å². The third-order valence-electron chi connectivity index (χ3n) is 3.39. The molecule has 1 saturated heterocycles. The lowest BCUT2D eigenvalue weighted by atomic mass is 10.1. The van der Waals surface area contributed by atoms with E-state index >= 15 is 0 Å². The number of pyridine rings is 1. The molecule has 0 radical (unpaired) electrons. The number of hydrogen-bond donors (Lipinski definition) is 2. The molecule has 0 spiro atoms. The van der Waals surface area contributed by atoms with Crippen LogP contribution < -0.4 is 5.32 Å². The molecule has 20 heavy (non-hydrogen) atoms. The number of rotatable bonds is 4. The van der Waals surface area contributed by atoms with E-state index < -0.39 is 0 Å². The fraction of sp³-hybridized carbons (Fsp3) is 0.500. The summed E-state index contributed by atoms with van der Waals surface area (Å²) in [5.74, 6) is 0.0175. The summed E-state index contributed by atoms with van der Waals surface area (Å²) < 4.78 is 0. The van der Waals surface area contributed by atoms with Gasteiger partial charge in [0.1, 0.15) is 11.4 Å². The van der Waals surface area contributed by atoms with Crippen LogP contribution in [-0.4, -0.2) is 45.9 Å². The van der Waals surface area contributed by atoms with Crippen LogP contribution in [0.3, 0.4) is 0 Å². The van der Waals surface area contributed by atoms with Gasteiger partial charge in [-0.3, -0.25) is 9.59 Å². The van der Waals surface area contributed by atoms with Crippen molar-refractivity contribution in [1.29, 1.82) is 0 Å². The van der Waals surface area contributed by atoms with E-state index in [2.05, 4.69) is 10.3 Å². The Morgan fingerprint density at radius 3 is 2.85 bits per heavy atom. The van der Waals surface area contributed by atoms with Crippen molar-refractivity contribution in [2.75, 3.05) is 13.1 Å². The third-order valence-corrected chi connectivity index (χ3v) is 3.39. The summed E-state index contributed by atoms with van der Waals surface area (Å²) in [6, 6.07) is 3.08. The van der Waals surface area contributed by atoms with Gasteiger partial charge in [0.25, 0.3) is 5.91 Å². The predicted molar refractivity (Wildman–Crippen MR) is 73.2 cm³/mol. The Bertz CT molecular complexity index is 499. The first-order valence-electron chi connectivity index (χ1n) is 6.70. The van der Waals surface area contributed by atoms with Crippen molar-refractivity contribution in [3.63, 3.8) is 0 Å². The van der Waals surface area contributed by atoms with Crippen LogP contribution in [0.25, 0.3) is 0 Å². The number of nitrogens with one attached hydrogen (secondary N) is 1. The van der Waals surface area contributed by atoms with E-state index in [0.717, 1.165) is 0 Å². The monoisotopic (exact) mass is 277 g/mol. The van der Waals surface area contributed by atoms with Crippen molar-refractivity contribution in [3.05, 3.63) is 24.0 Å². The average molecular weight is 277 g/mol. The minimum atomic E-state index is -0.291. The molecule has 2 heterocycles. The summed E-state index contributed by atoms with van der Waals surface area (Å²) in [6.07, 6.45) is 1.70. The van der Waals surface area contributed by atoms with Gasteiger partial charge in [-0.05, 0) is 26.0 Å². The van der Waals surface area contributed by atoms with E-state index in [4.69, 9.17) is 5.11 Å². The van der Waals surface area contributed by atoms with Crippen LogP contribution in [0.1, 0.15) is 30.8 Å². The van der Waals surface area contributed by atoms with E-state index in [1.54, 1.807) is 0 Å². The molecule has 0 bridgehead atoms. The summed E-state index contributed by atoms with van der Waals surface area (Å²) in [5.41, 5.74) is 0.257. The molecule has 0 aliphatic carbocycles. The molecule has 1 aliphatic heterocycles. The van der Waals surface area contributed by atoms with E-state index in [1.807, 2.05) is 18.7 Å². The molecule has 108 valence electrons. The van der Waals surface area contributed by atoms with Crippen LogP contribution in [-0.2, 0) is 4.79 Å². The van der Waals surface area contributed by atoms with Crippen LogP contribution in [0.5, 0.6) is 5.75 Å². The van der Waals surface area contributed by atoms with Crippen molar-refractivity contribution < 1.29 is 14.7 Å². The smallest absolute Gasteiger partial charge is 0.269 e. The third kappa shape index (κ3) is 3.26. The fourth-order valence-corrected chi connectivity index (χ4v) is 2.29. The highest BCUT2D eigenvalue weighted by molar-refractivity contribution is 5.92. The van der Waals surface area contributed by atoms with Gasteiger partial charge < -0.3 is 15.3 Å². The molecule has 0 aromatic carbocycles. The maximum Gasteiger partial charge on any atom is 0.269 e. The lowest BCUT2D eigenvalue weighted by Gasteiger charge is -2.21. The van der Waals surface area contributed by atoms with Crippen molar-refractivity contribution in [3.8, 4) is 5.75 Å². The lowest BCUT2D eigenvalue weighted by Crippen LogP contribution is -2.34. The second-order valence-electron chi connectivity index (χ2n) is 5.32.